The van der Waals surface area contributed by atoms with E-state index in [1.807, 2.05) is 25.0 Å². The van der Waals surface area contributed by atoms with Crippen LogP contribution in [0.4, 0.5) is 0 Å². The molecule has 0 spiro atoms. The highest BCUT2D eigenvalue weighted by atomic mass is 127. The summed E-state index contributed by atoms with van der Waals surface area (Å²) in [5.41, 5.74) is 3.62. The van der Waals surface area contributed by atoms with Gasteiger partial charge in [-0.2, -0.15) is 5.10 Å². The zero-order valence-electron chi connectivity index (χ0n) is 18.2. The van der Waals surface area contributed by atoms with Crippen LogP contribution in [0.25, 0.3) is 0 Å². The number of guanidine groups is 1. The van der Waals surface area contributed by atoms with E-state index >= 15 is 0 Å². The monoisotopic (exact) mass is 511 g/mol. The van der Waals surface area contributed by atoms with Gasteiger partial charge in [0.1, 0.15) is 0 Å². The summed E-state index contributed by atoms with van der Waals surface area (Å²) >= 11 is 0. The number of aryl methyl sites for hydroxylation is 1. The van der Waals surface area contributed by atoms with Gasteiger partial charge in [0, 0.05) is 45.8 Å². The number of hydrogen-bond donors (Lipinski definition) is 1. The fourth-order valence-corrected chi connectivity index (χ4v) is 3.52. The Labute approximate surface area is 191 Å². The molecule has 2 heterocycles. The Hall–Kier alpha value is -1.61. The summed E-state index contributed by atoms with van der Waals surface area (Å²) in [4.78, 5) is 6.83. The number of benzene rings is 1. The van der Waals surface area contributed by atoms with Crippen molar-refractivity contribution in [1.29, 1.82) is 0 Å². The second-order valence-electron chi connectivity index (χ2n) is 8.50. The van der Waals surface area contributed by atoms with Crippen LogP contribution in [0.1, 0.15) is 49.8 Å². The predicted molar refractivity (Wildman–Crippen MR) is 129 cm³/mol. The normalized spacial score (nSPS) is 17.3. The molecule has 1 atom stereocenters. The zero-order valence-corrected chi connectivity index (χ0v) is 20.5. The van der Waals surface area contributed by atoms with Gasteiger partial charge in [0.25, 0.3) is 0 Å². The number of nitrogens with zero attached hydrogens (tertiary/aromatic N) is 4. The third kappa shape index (κ3) is 6.99. The minimum Gasteiger partial charge on any atom is -0.371 e. The van der Waals surface area contributed by atoms with E-state index in [9.17, 15) is 0 Å². The number of rotatable bonds is 5. The highest BCUT2D eigenvalue weighted by molar-refractivity contribution is 14.0. The van der Waals surface area contributed by atoms with Gasteiger partial charge >= 0.3 is 0 Å². The van der Waals surface area contributed by atoms with Crippen molar-refractivity contribution in [2.24, 2.45) is 12.0 Å². The predicted octanol–water partition coefficient (Wildman–Crippen LogP) is 3.92. The third-order valence-corrected chi connectivity index (χ3v) is 5.01. The standard InChI is InChI=1S/C22H33N5O.HI/c1-22(2,3)28-16-18-8-6-7-17(11-18)12-24-21(23-4)27-10-9-19(15-27)20-13-25-26(5)14-20;/h6-8,11,13-14,19H,9-10,12,15-16H2,1-5H3,(H,23,24);1H. The molecule has 0 aliphatic carbocycles. The van der Waals surface area contributed by atoms with Crippen LogP contribution in [0.3, 0.4) is 0 Å². The van der Waals surface area contributed by atoms with E-state index < -0.39 is 0 Å². The Balaban J connectivity index is 0.00000300. The Morgan fingerprint density at radius 3 is 2.72 bits per heavy atom. The number of aromatic nitrogens is 2. The first-order chi connectivity index (χ1) is 13.3. The summed E-state index contributed by atoms with van der Waals surface area (Å²) in [5, 5.41) is 7.83. The minimum atomic E-state index is -0.128. The Morgan fingerprint density at radius 1 is 1.31 bits per heavy atom. The van der Waals surface area contributed by atoms with Crippen LogP contribution in [0.15, 0.2) is 41.7 Å². The average Bonchev–Trinajstić information content (AvgIpc) is 3.30. The van der Waals surface area contributed by atoms with Gasteiger partial charge in [-0.15, -0.1) is 24.0 Å². The van der Waals surface area contributed by atoms with Crippen LogP contribution >= 0.6 is 24.0 Å². The molecule has 1 aromatic heterocycles. The molecule has 3 rings (SSSR count). The van der Waals surface area contributed by atoms with Crippen molar-refractivity contribution in [2.45, 2.75) is 51.9 Å². The van der Waals surface area contributed by atoms with Crippen LogP contribution in [0.5, 0.6) is 0 Å². The van der Waals surface area contributed by atoms with Gasteiger partial charge < -0.3 is 15.0 Å². The van der Waals surface area contributed by atoms with Gasteiger partial charge in [0.05, 0.1) is 18.4 Å². The highest BCUT2D eigenvalue weighted by Crippen LogP contribution is 2.26. The molecule has 1 fully saturated rings. The minimum absolute atomic E-state index is 0. The van der Waals surface area contributed by atoms with Crippen LogP contribution < -0.4 is 5.32 Å². The van der Waals surface area contributed by atoms with E-state index in [2.05, 4.69) is 71.5 Å². The van der Waals surface area contributed by atoms with Crippen molar-refractivity contribution in [3.8, 4) is 0 Å². The summed E-state index contributed by atoms with van der Waals surface area (Å²) in [6.07, 6.45) is 5.23. The largest absolute Gasteiger partial charge is 0.371 e. The summed E-state index contributed by atoms with van der Waals surface area (Å²) in [6.45, 7) is 9.62. The molecule has 160 valence electrons. The number of hydrogen-bond acceptors (Lipinski definition) is 3. The lowest BCUT2D eigenvalue weighted by Crippen LogP contribution is -2.39. The van der Waals surface area contributed by atoms with E-state index in [0.29, 0.717) is 12.5 Å². The number of halogens is 1. The van der Waals surface area contributed by atoms with E-state index in [4.69, 9.17) is 4.74 Å². The third-order valence-electron chi connectivity index (χ3n) is 5.01. The lowest BCUT2D eigenvalue weighted by atomic mass is 10.0. The Kier molecular flexibility index (Phi) is 8.51. The molecule has 2 aromatic rings. The first-order valence-corrected chi connectivity index (χ1v) is 10.00. The topological polar surface area (TPSA) is 54.7 Å². The molecule has 7 heteroatoms. The summed E-state index contributed by atoms with van der Waals surface area (Å²) in [5.74, 6) is 1.48. The van der Waals surface area contributed by atoms with Crippen molar-refractivity contribution in [3.63, 3.8) is 0 Å². The molecule has 0 amide bonds. The molecule has 1 aromatic carbocycles. The second-order valence-corrected chi connectivity index (χ2v) is 8.50. The Bertz CT molecular complexity index is 812. The van der Waals surface area contributed by atoms with Gasteiger partial charge in [-0.05, 0) is 43.9 Å². The molecule has 0 saturated carbocycles. The first kappa shape index (κ1) is 23.7. The van der Waals surface area contributed by atoms with Gasteiger partial charge in [-0.1, -0.05) is 24.3 Å². The molecule has 1 aliphatic heterocycles. The number of likely N-dealkylation sites (tertiary alicyclic amines) is 1. The van der Waals surface area contributed by atoms with Crippen LogP contribution in [0.2, 0.25) is 0 Å². The van der Waals surface area contributed by atoms with E-state index in [-0.39, 0.29) is 29.6 Å². The van der Waals surface area contributed by atoms with Gasteiger partial charge in [0.2, 0.25) is 0 Å². The van der Waals surface area contributed by atoms with Crippen molar-refractivity contribution < 1.29 is 4.74 Å². The van der Waals surface area contributed by atoms with Crippen molar-refractivity contribution >= 4 is 29.9 Å². The lowest BCUT2D eigenvalue weighted by Gasteiger charge is -2.22. The summed E-state index contributed by atoms with van der Waals surface area (Å²) in [7, 11) is 3.82. The quantitative estimate of drug-likeness (QED) is 0.376. The van der Waals surface area contributed by atoms with Gasteiger partial charge in [0.15, 0.2) is 5.96 Å². The number of aliphatic imine (C=N–C) groups is 1. The molecule has 6 nitrogen and oxygen atoms in total. The maximum atomic E-state index is 5.89. The first-order valence-electron chi connectivity index (χ1n) is 10.00. The molecule has 0 radical (unpaired) electrons. The zero-order chi connectivity index (χ0) is 20.1. The van der Waals surface area contributed by atoms with E-state index in [1.165, 1.54) is 16.7 Å². The lowest BCUT2D eigenvalue weighted by molar-refractivity contribution is -0.0149. The van der Waals surface area contributed by atoms with Crippen molar-refractivity contribution in [3.05, 3.63) is 53.3 Å². The van der Waals surface area contributed by atoms with Crippen LogP contribution in [-0.2, 0) is 24.9 Å². The maximum absolute atomic E-state index is 5.89. The SMILES string of the molecule is CN=C(NCc1cccc(COC(C)(C)C)c1)N1CCC(c2cnn(C)c2)C1.I. The fourth-order valence-electron chi connectivity index (χ4n) is 3.52. The number of nitrogens with one attached hydrogen (secondary N) is 1. The molecule has 1 aliphatic rings. The molecule has 1 N–H and O–H groups in total. The fraction of sp³-hybridized carbons (Fsp3) is 0.545. The molecule has 0 bridgehead atoms. The van der Waals surface area contributed by atoms with E-state index in [1.54, 1.807) is 0 Å². The highest BCUT2D eigenvalue weighted by Gasteiger charge is 2.26. The van der Waals surface area contributed by atoms with Crippen molar-refractivity contribution in [1.82, 2.24) is 20.0 Å². The number of ether oxygens (including phenoxy) is 1. The average molecular weight is 511 g/mol. The molecular weight excluding hydrogens is 477 g/mol. The molecular formula is C22H34IN5O. The molecule has 1 unspecified atom stereocenters. The summed E-state index contributed by atoms with van der Waals surface area (Å²) in [6, 6.07) is 8.55. The second kappa shape index (κ2) is 10.4. The van der Waals surface area contributed by atoms with Gasteiger partial charge in [-0.25, -0.2) is 0 Å². The van der Waals surface area contributed by atoms with Crippen molar-refractivity contribution in [2.75, 3.05) is 20.1 Å². The smallest absolute Gasteiger partial charge is 0.193 e. The van der Waals surface area contributed by atoms with Gasteiger partial charge in [-0.3, -0.25) is 9.67 Å². The van der Waals surface area contributed by atoms with E-state index in [0.717, 1.165) is 32.0 Å². The van der Waals surface area contributed by atoms with Crippen LogP contribution in [-0.4, -0.2) is 46.4 Å². The summed E-state index contributed by atoms with van der Waals surface area (Å²) < 4.78 is 7.77. The maximum Gasteiger partial charge on any atom is 0.193 e. The molecule has 29 heavy (non-hydrogen) atoms. The Morgan fingerprint density at radius 2 is 2.07 bits per heavy atom. The molecule has 1 saturated heterocycles. The van der Waals surface area contributed by atoms with Crippen LogP contribution in [0, 0.1) is 0 Å².